The van der Waals surface area contributed by atoms with Gasteiger partial charge in [0.2, 0.25) is 0 Å². The molecule has 0 amide bonds. The summed E-state index contributed by atoms with van der Waals surface area (Å²) in [4.78, 5) is 0. The van der Waals surface area contributed by atoms with Gasteiger partial charge in [0.15, 0.2) is 0 Å². The number of benzene rings is 1. The fourth-order valence-corrected chi connectivity index (χ4v) is 1.77. The predicted molar refractivity (Wildman–Crippen MR) is 88.3 cm³/mol. The Morgan fingerprint density at radius 1 is 0.952 bits per heavy atom. The second-order valence-corrected chi connectivity index (χ2v) is 4.83. The third-order valence-corrected chi connectivity index (χ3v) is 2.99. The molecule has 0 heterocycles. The average Bonchev–Trinajstić information content (AvgIpc) is 2.49. The maximum absolute atomic E-state index is 5.57. The molecule has 3 nitrogen and oxygen atoms in total. The van der Waals surface area contributed by atoms with Gasteiger partial charge in [-0.2, -0.15) is 0 Å². The van der Waals surface area contributed by atoms with E-state index in [4.69, 9.17) is 14.2 Å². The quantitative estimate of drug-likeness (QED) is 0.580. The minimum Gasteiger partial charge on any atom is -0.379 e. The highest BCUT2D eigenvalue weighted by Gasteiger charge is 2.01. The van der Waals surface area contributed by atoms with Crippen LogP contribution in [0.3, 0.4) is 0 Å². The van der Waals surface area contributed by atoms with Gasteiger partial charge in [-0.05, 0) is 36.6 Å². The van der Waals surface area contributed by atoms with Crippen molar-refractivity contribution in [1.82, 2.24) is 0 Å². The first kappa shape index (κ1) is 17.6. The Bertz CT molecular complexity index is 452. The molecule has 0 aromatic heterocycles. The van der Waals surface area contributed by atoms with Gasteiger partial charge in [-0.15, -0.1) is 0 Å². The first-order valence-corrected chi connectivity index (χ1v) is 7.32. The molecule has 21 heavy (non-hydrogen) atoms. The fourth-order valence-electron chi connectivity index (χ4n) is 1.77. The van der Waals surface area contributed by atoms with Crippen LogP contribution in [0.15, 0.2) is 37.4 Å². The van der Waals surface area contributed by atoms with E-state index in [1.165, 1.54) is 0 Å². The van der Waals surface area contributed by atoms with E-state index in [9.17, 15) is 0 Å². The Kier molecular flexibility index (Phi) is 8.67. The largest absolute Gasteiger partial charge is 0.379 e. The van der Waals surface area contributed by atoms with Crippen LogP contribution >= 0.6 is 0 Å². The smallest absolute Gasteiger partial charge is 0.0718 e. The second kappa shape index (κ2) is 10.3. The molecule has 0 atom stereocenters. The van der Waals surface area contributed by atoms with Crippen LogP contribution in [0, 0.1) is 0 Å². The normalized spacial score (nSPS) is 10.6. The molecule has 116 valence electrons. The Hall–Kier alpha value is -1.42. The third kappa shape index (κ3) is 7.23. The van der Waals surface area contributed by atoms with Crippen molar-refractivity contribution in [2.75, 3.05) is 39.6 Å². The molecule has 0 bridgehead atoms. The lowest BCUT2D eigenvalue weighted by Gasteiger charge is -2.10. The third-order valence-electron chi connectivity index (χ3n) is 2.99. The van der Waals surface area contributed by atoms with Crippen molar-refractivity contribution in [1.29, 1.82) is 0 Å². The number of hydrogen-bond acceptors (Lipinski definition) is 3. The lowest BCUT2D eigenvalue weighted by atomic mass is 10.0. The molecule has 0 saturated carbocycles. The molecule has 0 radical (unpaired) electrons. The molecule has 0 aliphatic carbocycles. The minimum absolute atomic E-state index is 0.508. The highest BCUT2D eigenvalue weighted by Crippen LogP contribution is 2.18. The molecule has 1 aromatic rings. The Balaban J connectivity index is 2.22. The summed E-state index contributed by atoms with van der Waals surface area (Å²) in [6, 6.07) is 8.19. The van der Waals surface area contributed by atoms with Crippen LogP contribution in [0.5, 0.6) is 0 Å². The van der Waals surface area contributed by atoms with Gasteiger partial charge in [0, 0.05) is 6.61 Å². The summed E-state index contributed by atoms with van der Waals surface area (Å²) < 4.78 is 16.1. The molecule has 0 aliphatic heterocycles. The summed E-state index contributed by atoms with van der Waals surface area (Å²) >= 11 is 0. The number of rotatable bonds is 11. The molecular formula is C18H26O3. The average molecular weight is 290 g/mol. The fraction of sp³-hybridized carbons (Fsp3) is 0.444. The van der Waals surface area contributed by atoms with Crippen LogP contribution in [0.25, 0.3) is 11.1 Å². The van der Waals surface area contributed by atoms with E-state index in [2.05, 4.69) is 19.2 Å². The minimum atomic E-state index is 0.508. The number of ether oxygens (including phenoxy) is 3. The Morgan fingerprint density at radius 2 is 1.57 bits per heavy atom. The summed E-state index contributed by atoms with van der Waals surface area (Å²) in [5, 5.41) is 0. The van der Waals surface area contributed by atoms with E-state index in [1.54, 1.807) is 0 Å². The van der Waals surface area contributed by atoms with E-state index in [-0.39, 0.29) is 0 Å². The van der Waals surface area contributed by atoms with Crippen molar-refractivity contribution in [3.63, 3.8) is 0 Å². The van der Waals surface area contributed by atoms with Gasteiger partial charge < -0.3 is 14.2 Å². The SMILES string of the molecule is C=C(C)c1cccc(C(=C)COCCOCCOCC)c1. The van der Waals surface area contributed by atoms with Gasteiger partial charge in [-0.1, -0.05) is 36.9 Å². The lowest BCUT2D eigenvalue weighted by Crippen LogP contribution is -2.10. The highest BCUT2D eigenvalue weighted by molar-refractivity contribution is 5.70. The van der Waals surface area contributed by atoms with E-state index in [0.29, 0.717) is 33.0 Å². The molecule has 1 rings (SSSR count). The molecule has 0 spiro atoms. The monoisotopic (exact) mass is 290 g/mol. The zero-order chi connectivity index (χ0) is 15.5. The molecule has 0 fully saturated rings. The number of hydrogen-bond donors (Lipinski definition) is 0. The van der Waals surface area contributed by atoms with Gasteiger partial charge in [0.1, 0.15) is 0 Å². The first-order chi connectivity index (χ1) is 10.1. The van der Waals surface area contributed by atoms with Crippen LogP contribution in [-0.4, -0.2) is 39.6 Å². The molecule has 0 saturated heterocycles. The summed E-state index contributed by atoms with van der Waals surface area (Å²) in [7, 11) is 0. The lowest BCUT2D eigenvalue weighted by molar-refractivity contribution is 0.0231. The van der Waals surface area contributed by atoms with Crippen molar-refractivity contribution in [3.05, 3.63) is 48.6 Å². The highest BCUT2D eigenvalue weighted by atomic mass is 16.5. The molecule has 1 aromatic carbocycles. The maximum atomic E-state index is 5.57. The van der Waals surface area contributed by atoms with Gasteiger partial charge in [0.05, 0.1) is 33.0 Å². The predicted octanol–water partition coefficient (Wildman–Crippen LogP) is 3.80. The van der Waals surface area contributed by atoms with E-state index < -0.39 is 0 Å². The summed E-state index contributed by atoms with van der Waals surface area (Å²) in [5.41, 5.74) is 4.24. The van der Waals surface area contributed by atoms with Crippen molar-refractivity contribution in [2.45, 2.75) is 13.8 Å². The van der Waals surface area contributed by atoms with Crippen molar-refractivity contribution in [3.8, 4) is 0 Å². The zero-order valence-electron chi connectivity index (χ0n) is 13.2. The molecule has 0 unspecified atom stereocenters. The maximum Gasteiger partial charge on any atom is 0.0718 e. The van der Waals surface area contributed by atoms with Gasteiger partial charge in [0.25, 0.3) is 0 Å². The Labute approximate surface area is 128 Å². The summed E-state index contributed by atoms with van der Waals surface area (Å²) in [5.74, 6) is 0. The number of allylic oxidation sites excluding steroid dienone is 1. The van der Waals surface area contributed by atoms with Crippen LogP contribution in [0.4, 0.5) is 0 Å². The topological polar surface area (TPSA) is 27.7 Å². The molecule has 0 aliphatic rings. The van der Waals surface area contributed by atoms with Crippen LogP contribution in [-0.2, 0) is 14.2 Å². The standard InChI is InChI=1S/C18H26O3/c1-5-19-9-10-20-11-12-21-14-16(4)18-8-6-7-17(13-18)15(2)3/h6-8,13H,2,4-5,9-12,14H2,1,3H3. The van der Waals surface area contributed by atoms with Crippen LogP contribution in [0.2, 0.25) is 0 Å². The molecule has 0 N–H and O–H groups in total. The van der Waals surface area contributed by atoms with Crippen LogP contribution in [0.1, 0.15) is 25.0 Å². The molecule has 3 heteroatoms. The van der Waals surface area contributed by atoms with Gasteiger partial charge in [-0.25, -0.2) is 0 Å². The van der Waals surface area contributed by atoms with Gasteiger partial charge >= 0.3 is 0 Å². The van der Waals surface area contributed by atoms with E-state index in [0.717, 1.165) is 28.9 Å². The van der Waals surface area contributed by atoms with Crippen LogP contribution < -0.4 is 0 Å². The molecular weight excluding hydrogens is 264 g/mol. The van der Waals surface area contributed by atoms with E-state index in [1.807, 2.05) is 32.0 Å². The first-order valence-electron chi connectivity index (χ1n) is 7.32. The van der Waals surface area contributed by atoms with Crippen molar-refractivity contribution < 1.29 is 14.2 Å². The van der Waals surface area contributed by atoms with Crippen molar-refractivity contribution in [2.24, 2.45) is 0 Å². The summed E-state index contributed by atoms with van der Waals surface area (Å²) in [6.45, 7) is 15.6. The second-order valence-electron chi connectivity index (χ2n) is 4.83. The zero-order valence-corrected chi connectivity index (χ0v) is 13.2. The van der Waals surface area contributed by atoms with Crippen molar-refractivity contribution >= 4 is 11.1 Å². The summed E-state index contributed by atoms with van der Waals surface area (Å²) in [6.07, 6.45) is 0. The van der Waals surface area contributed by atoms with E-state index >= 15 is 0 Å². The Morgan fingerprint density at radius 3 is 2.24 bits per heavy atom. The van der Waals surface area contributed by atoms with Gasteiger partial charge in [-0.3, -0.25) is 0 Å².